The summed E-state index contributed by atoms with van der Waals surface area (Å²) in [5.74, 6) is 1.000. The Bertz CT molecular complexity index is 932. The lowest BCUT2D eigenvalue weighted by Gasteiger charge is -2.24. The lowest BCUT2D eigenvalue weighted by atomic mass is 10.3. The third kappa shape index (κ3) is 3.07. The van der Waals surface area contributed by atoms with Crippen LogP contribution < -0.4 is 10.2 Å². The maximum absolute atomic E-state index is 12.3. The van der Waals surface area contributed by atoms with Crippen molar-refractivity contribution in [3.63, 3.8) is 0 Å². The summed E-state index contributed by atoms with van der Waals surface area (Å²) in [6, 6.07) is 12.6. The standard InChI is InChI=1S/C20H25N5O/c1-15(2)21-20(26)24-11-6-10-23(13-14-24)19-18-9-5-12-25(18)17-8-4-3-7-16(17)22-19/h3-5,7-9,12,15H,6,10-11,13-14H2,1-2H3,(H,21,26). The van der Waals surface area contributed by atoms with Gasteiger partial charge in [-0.25, -0.2) is 9.78 Å². The average molecular weight is 351 g/mol. The quantitative estimate of drug-likeness (QED) is 0.772. The number of anilines is 1. The Labute approximate surface area is 153 Å². The number of nitrogens with zero attached hydrogens (tertiary/aromatic N) is 4. The van der Waals surface area contributed by atoms with Gasteiger partial charge >= 0.3 is 6.03 Å². The van der Waals surface area contributed by atoms with Crippen LogP contribution in [0.25, 0.3) is 16.6 Å². The Kier molecular flexibility index (Phi) is 4.41. The highest BCUT2D eigenvalue weighted by atomic mass is 16.2. The van der Waals surface area contributed by atoms with Gasteiger partial charge in [0.15, 0.2) is 5.82 Å². The van der Waals surface area contributed by atoms with Crippen molar-refractivity contribution < 1.29 is 4.79 Å². The summed E-state index contributed by atoms with van der Waals surface area (Å²) in [6.07, 6.45) is 3.02. The Balaban J connectivity index is 1.63. The van der Waals surface area contributed by atoms with E-state index in [0.717, 1.165) is 48.4 Å². The number of carbonyl (C=O) groups excluding carboxylic acids is 1. The molecule has 6 heteroatoms. The highest BCUT2D eigenvalue weighted by molar-refractivity contribution is 5.85. The molecule has 1 saturated heterocycles. The van der Waals surface area contributed by atoms with Gasteiger partial charge in [-0.3, -0.25) is 0 Å². The van der Waals surface area contributed by atoms with Gasteiger partial charge in [-0.05, 0) is 44.5 Å². The maximum Gasteiger partial charge on any atom is 0.317 e. The van der Waals surface area contributed by atoms with Crippen molar-refractivity contribution in [3.05, 3.63) is 42.6 Å². The summed E-state index contributed by atoms with van der Waals surface area (Å²) in [6.45, 7) is 7.16. The zero-order valence-electron chi connectivity index (χ0n) is 15.4. The smallest absolute Gasteiger partial charge is 0.317 e. The topological polar surface area (TPSA) is 52.9 Å². The number of urea groups is 1. The fourth-order valence-corrected chi connectivity index (χ4v) is 3.61. The van der Waals surface area contributed by atoms with Gasteiger partial charge in [0.1, 0.15) is 0 Å². The Morgan fingerprint density at radius 3 is 2.69 bits per heavy atom. The van der Waals surface area contributed by atoms with Gasteiger partial charge in [0.2, 0.25) is 0 Å². The molecule has 0 saturated carbocycles. The molecule has 136 valence electrons. The first kappa shape index (κ1) is 16.7. The second-order valence-electron chi connectivity index (χ2n) is 7.12. The lowest BCUT2D eigenvalue weighted by Crippen LogP contribution is -2.44. The predicted molar refractivity (Wildman–Crippen MR) is 105 cm³/mol. The number of benzene rings is 1. The van der Waals surface area contributed by atoms with Crippen molar-refractivity contribution in [1.82, 2.24) is 19.6 Å². The largest absolute Gasteiger partial charge is 0.353 e. The van der Waals surface area contributed by atoms with Gasteiger partial charge in [-0.1, -0.05) is 12.1 Å². The van der Waals surface area contributed by atoms with Gasteiger partial charge in [-0.2, -0.15) is 0 Å². The number of hydrogen-bond donors (Lipinski definition) is 1. The molecule has 1 fully saturated rings. The van der Waals surface area contributed by atoms with E-state index in [1.54, 1.807) is 0 Å². The molecule has 26 heavy (non-hydrogen) atoms. The molecule has 0 radical (unpaired) electrons. The zero-order valence-corrected chi connectivity index (χ0v) is 15.4. The molecule has 0 aliphatic carbocycles. The molecule has 1 N–H and O–H groups in total. The first-order valence-electron chi connectivity index (χ1n) is 9.29. The van der Waals surface area contributed by atoms with Crippen LogP contribution in [0.15, 0.2) is 42.6 Å². The Hall–Kier alpha value is -2.76. The number of rotatable bonds is 2. The molecular weight excluding hydrogens is 326 g/mol. The van der Waals surface area contributed by atoms with Gasteiger partial charge in [0.05, 0.1) is 16.6 Å². The van der Waals surface area contributed by atoms with E-state index in [-0.39, 0.29) is 12.1 Å². The van der Waals surface area contributed by atoms with E-state index in [1.165, 1.54) is 0 Å². The molecule has 0 unspecified atom stereocenters. The van der Waals surface area contributed by atoms with Crippen LogP contribution in [0.1, 0.15) is 20.3 Å². The van der Waals surface area contributed by atoms with E-state index in [9.17, 15) is 4.79 Å². The molecule has 3 aromatic rings. The monoisotopic (exact) mass is 351 g/mol. The summed E-state index contributed by atoms with van der Waals surface area (Å²) in [5.41, 5.74) is 3.22. The molecule has 1 aromatic carbocycles. The highest BCUT2D eigenvalue weighted by Gasteiger charge is 2.22. The molecule has 0 bridgehead atoms. The number of carbonyl (C=O) groups is 1. The van der Waals surface area contributed by atoms with E-state index in [2.05, 4.69) is 45.1 Å². The van der Waals surface area contributed by atoms with Crippen LogP contribution in [-0.4, -0.2) is 52.5 Å². The Morgan fingerprint density at radius 2 is 1.85 bits per heavy atom. The van der Waals surface area contributed by atoms with Crippen LogP contribution >= 0.6 is 0 Å². The SMILES string of the molecule is CC(C)NC(=O)N1CCCN(c2nc3ccccc3n3cccc23)CC1. The fraction of sp³-hybridized carbons (Fsp3) is 0.400. The van der Waals surface area contributed by atoms with E-state index in [4.69, 9.17) is 4.98 Å². The lowest BCUT2D eigenvalue weighted by molar-refractivity contribution is 0.199. The third-order valence-electron chi connectivity index (χ3n) is 4.84. The second-order valence-corrected chi connectivity index (χ2v) is 7.12. The van der Waals surface area contributed by atoms with Crippen LogP contribution in [0.4, 0.5) is 10.6 Å². The molecule has 1 aliphatic heterocycles. The Morgan fingerprint density at radius 1 is 1.04 bits per heavy atom. The number of nitrogens with one attached hydrogen (secondary N) is 1. The van der Waals surface area contributed by atoms with Crippen LogP contribution in [0.5, 0.6) is 0 Å². The van der Waals surface area contributed by atoms with Gasteiger partial charge in [0, 0.05) is 38.4 Å². The maximum atomic E-state index is 12.3. The van der Waals surface area contributed by atoms with E-state index in [1.807, 2.05) is 30.9 Å². The number of para-hydroxylation sites is 2. The molecule has 3 heterocycles. The van der Waals surface area contributed by atoms with Crippen molar-refractivity contribution in [1.29, 1.82) is 0 Å². The van der Waals surface area contributed by atoms with Crippen LogP contribution in [0.3, 0.4) is 0 Å². The predicted octanol–water partition coefficient (Wildman–Crippen LogP) is 3.12. The fourth-order valence-electron chi connectivity index (χ4n) is 3.61. The molecule has 6 nitrogen and oxygen atoms in total. The van der Waals surface area contributed by atoms with Crippen molar-refractivity contribution in [2.24, 2.45) is 0 Å². The third-order valence-corrected chi connectivity index (χ3v) is 4.84. The molecular formula is C20H25N5O. The zero-order chi connectivity index (χ0) is 18.1. The van der Waals surface area contributed by atoms with Crippen molar-refractivity contribution >= 4 is 28.4 Å². The number of fused-ring (bicyclic) bond motifs is 3. The van der Waals surface area contributed by atoms with Gasteiger partial charge in [0.25, 0.3) is 0 Å². The van der Waals surface area contributed by atoms with Crippen molar-refractivity contribution in [2.75, 3.05) is 31.1 Å². The van der Waals surface area contributed by atoms with Crippen LogP contribution in [0.2, 0.25) is 0 Å². The average Bonchev–Trinajstić information content (AvgIpc) is 2.98. The summed E-state index contributed by atoms with van der Waals surface area (Å²) < 4.78 is 2.20. The van der Waals surface area contributed by atoms with E-state index < -0.39 is 0 Å². The first-order chi connectivity index (χ1) is 12.6. The number of aromatic nitrogens is 2. The van der Waals surface area contributed by atoms with Gasteiger partial charge in [-0.15, -0.1) is 0 Å². The van der Waals surface area contributed by atoms with Crippen LogP contribution in [0, 0.1) is 0 Å². The minimum absolute atomic E-state index is 0.0288. The van der Waals surface area contributed by atoms with E-state index >= 15 is 0 Å². The highest BCUT2D eigenvalue weighted by Crippen LogP contribution is 2.26. The molecule has 2 amide bonds. The summed E-state index contributed by atoms with van der Waals surface area (Å²) in [7, 11) is 0. The summed E-state index contributed by atoms with van der Waals surface area (Å²) in [4.78, 5) is 21.5. The minimum Gasteiger partial charge on any atom is -0.353 e. The molecule has 2 aromatic heterocycles. The van der Waals surface area contributed by atoms with Crippen molar-refractivity contribution in [3.8, 4) is 0 Å². The number of amides is 2. The normalized spacial score (nSPS) is 15.7. The first-order valence-corrected chi connectivity index (χ1v) is 9.29. The van der Waals surface area contributed by atoms with Gasteiger partial charge < -0.3 is 19.5 Å². The molecule has 1 aliphatic rings. The van der Waals surface area contributed by atoms with Crippen molar-refractivity contribution in [2.45, 2.75) is 26.3 Å². The summed E-state index contributed by atoms with van der Waals surface area (Å²) in [5, 5.41) is 2.99. The molecule has 0 atom stereocenters. The minimum atomic E-state index is 0.0288. The number of hydrogen-bond acceptors (Lipinski definition) is 3. The van der Waals surface area contributed by atoms with Crippen LogP contribution in [-0.2, 0) is 0 Å². The van der Waals surface area contributed by atoms with E-state index in [0.29, 0.717) is 6.54 Å². The molecule has 0 spiro atoms. The summed E-state index contributed by atoms with van der Waals surface area (Å²) >= 11 is 0. The second kappa shape index (κ2) is 6.86. The molecule has 4 rings (SSSR count).